The number of nitrogens with zero attached hydrogens (tertiary/aromatic N) is 2. The molecule has 0 fully saturated rings. The molecule has 2 rings (SSSR count). The molecule has 2 aromatic rings. The summed E-state index contributed by atoms with van der Waals surface area (Å²) in [6, 6.07) is 3.54. The van der Waals surface area contributed by atoms with Gasteiger partial charge in [0.1, 0.15) is 5.82 Å². The van der Waals surface area contributed by atoms with E-state index in [-0.39, 0.29) is 11.4 Å². The molecular weight excluding hydrogens is 245 g/mol. The predicted octanol–water partition coefficient (Wildman–Crippen LogP) is 2.47. The van der Waals surface area contributed by atoms with Crippen LogP contribution < -0.4 is 5.73 Å². The maximum atomic E-state index is 13.6. The molecule has 1 atom stereocenters. The molecule has 0 amide bonds. The first-order valence-electron chi connectivity index (χ1n) is 5.14. The minimum atomic E-state index is -0.753. The molecule has 0 aliphatic carbocycles. The van der Waals surface area contributed by atoms with Crippen molar-refractivity contribution in [1.82, 2.24) is 10.1 Å². The third kappa shape index (κ3) is 2.45. The molecule has 90 valence electrons. The first kappa shape index (κ1) is 12.0. The van der Waals surface area contributed by atoms with Gasteiger partial charge in [0.2, 0.25) is 5.89 Å². The molecule has 1 aromatic heterocycles. The summed E-state index contributed by atoms with van der Waals surface area (Å²) in [4.78, 5) is 4.07. The molecule has 1 unspecified atom stereocenters. The summed E-state index contributed by atoms with van der Waals surface area (Å²) >= 11 is 5.66. The summed E-state index contributed by atoms with van der Waals surface area (Å²) in [5.41, 5.74) is 6.16. The van der Waals surface area contributed by atoms with Crippen LogP contribution in [0.15, 0.2) is 22.7 Å². The van der Waals surface area contributed by atoms with Gasteiger partial charge in [-0.2, -0.15) is 4.98 Å². The van der Waals surface area contributed by atoms with Gasteiger partial charge in [-0.25, -0.2) is 4.39 Å². The number of halogens is 2. The fraction of sp³-hybridized carbons (Fsp3) is 0.273. The molecule has 0 saturated heterocycles. The van der Waals surface area contributed by atoms with Crippen molar-refractivity contribution in [3.8, 4) is 0 Å². The second kappa shape index (κ2) is 4.81. The molecule has 0 saturated carbocycles. The molecule has 17 heavy (non-hydrogen) atoms. The van der Waals surface area contributed by atoms with Crippen molar-refractivity contribution >= 4 is 11.6 Å². The van der Waals surface area contributed by atoms with Crippen molar-refractivity contribution < 1.29 is 8.91 Å². The van der Waals surface area contributed by atoms with E-state index in [2.05, 4.69) is 10.1 Å². The first-order valence-corrected chi connectivity index (χ1v) is 5.52. The van der Waals surface area contributed by atoms with Crippen LogP contribution >= 0.6 is 11.6 Å². The number of benzene rings is 1. The SMILES string of the molecule is CCc1nc(C(N)c2ccc(Cl)cc2F)no1. The number of aryl methyl sites for hydroxylation is 1. The van der Waals surface area contributed by atoms with Crippen molar-refractivity contribution in [2.45, 2.75) is 19.4 Å². The molecule has 0 radical (unpaired) electrons. The number of aromatic nitrogens is 2. The Kier molecular flexibility index (Phi) is 3.40. The molecule has 0 spiro atoms. The zero-order chi connectivity index (χ0) is 12.4. The molecule has 0 aliphatic heterocycles. The Labute approximate surface area is 103 Å². The Morgan fingerprint density at radius 3 is 2.88 bits per heavy atom. The second-order valence-corrected chi connectivity index (χ2v) is 3.98. The van der Waals surface area contributed by atoms with Crippen LogP contribution in [0.5, 0.6) is 0 Å². The third-order valence-electron chi connectivity index (χ3n) is 2.36. The highest BCUT2D eigenvalue weighted by molar-refractivity contribution is 6.30. The van der Waals surface area contributed by atoms with Gasteiger partial charge in [0, 0.05) is 17.0 Å². The van der Waals surface area contributed by atoms with Gasteiger partial charge in [-0.1, -0.05) is 29.7 Å². The Hall–Kier alpha value is -1.46. The lowest BCUT2D eigenvalue weighted by molar-refractivity contribution is 0.374. The second-order valence-electron chi connectivity index (χ2n) is 3.54. The van der Waals surface area contributed by atoms with E-state index in [9.17, 15) is 4.39 Å². The average Bonchev–Trinajstić information content (AvgIpc) is 2.76. The van der Waals surface area contributed by atoms with Gasteiger partial charge < -0.3 is 10.3 Å². The van der Waals surface area contributed by atoms with E-state index in [1.54, 1.807) is 6.07 Å². The normalized spacial score (nSPS) is 12.7. The van der Waals surface area contributed by atoms with Crippen molar-refractivity contribution in [2.24, 2.45) is 5.73 Å². The smallest absolute Gasteiger partial charge is 0.226 e. The third-order valence-corrected chi connectivity index (χ3v) is 2.60. The standard InChI is InChI=1S/C11H11ClFN3O/c1-2-9-15-11(16-17-9)10(14)7-4-3-6(12)5-8(7)13/h3-5,10H,2,14H2,1H3. The van der Waals surface area contributed by atoms with E-state index in [1.165, 1.54) is 12.1 Å². The average molecular weight is 256 g/mol. The predicted molar refractivity (Wildman–Crippen MR) is 61.1 cm³/mol. The van der Waals surface area contributed by atoms with Gasteiger partial charge in [-0.05, 0) is 12.1 Å². The summed E-state index contributed by atoms with van der Waals surface area (Å²) in [5, 5.41) is 4.04. The Balaban J connectivity index is 2.33. The highest BCUT2D eigenvalue weighted by atomic mass is 35.5. The fourth-order valence-electron chi connectivity index (χ4n) is 1.43. The summed E-state index contributed by atoms with van der Waals surface area (Å²) in [6.07, 6.45) is 0.614. The Morgan fingerprint density at radius 1 is 1.53 bits per heavy atom. The van der Waals surface area contributed by atoms with Gasteiger partial charge in [-0.3, -0.25) is 0 Å². The topological polar surface area (TPSA) is 64.9 Å². The summed E-state index contributed by atoms with van der Waals surface area (Å²) < 4.78 is 18.6. The van der Waals surface area contributed by atoms with E-state index < -0.39 is 11.9 Å². The molecule has 1 aromatic carbocycles. The quantitative estimate of drug-likeness (QED) is 0.915. The molecule has 4 nitrogen and oxygen atoms in total. The minimum absolute atomic E-state index is 0.267. The largest absolute Gasteiger partial charge is 0.339 e. The lowest BCUT2D eigenvalue weighted by Gasteiger charge is -2.08. The summed E-state index contributed by atoms with van der Waals surface area (Å²) in [6.45, 7) is 1.88. The molecule has 1 heterocycles. The van der Waals surface area contributed by atoms with Gasteiger partial charge >= 0.3 is 0 Å². The van der Waals surface area contributed by atoms with Crippen LogP contribution in [-0.2, 0) is 6.42 Å². The van der Waals surface area contributed by atoms with E-state index in [4.69, 9.17) is 21.9 Å². The molecule has 0 bridgehead atoms. The van der Waals surface area contributed by atoms with Crippen molar-refractivity contribution in [3.05, 3.63) is 46.3 Å². The first-order chi connectivity index (χ1) is 8.11. The molecule has 6 heteroatoms. The monoisotopic (exact) mass is 255 g/mol. The van der Waals surface area contributed by atoms with Crippen LogP contribution in [0.1, 0.15) is 30.2 Å². The maximum absolute atomic E-state index is 13.6. The number of rotatable bonds is 3. The van der Waals surface area contributed by atoms with Crippen molar-refractivity contribution in [2.75, 3.05) is 0 Å². The number of hydrogen-bond donors (Lipinski definition) is 1. The van der Waals surface area contributed by atoms with Crippen molar-refractivity contribution in [3.63, 3.8) is 0 Å². The molecule has 0 aliphatic rings. The van der Waals surface area contributed by atoms with E-state index in [1.807, 2.05) is 6.92 Å². The zero-order valence-electron chi connectivity index (χ0n) is 9.15. The number of hydrogen-bond acceptors (Lipinski definition) is 4. The van der Waals surface area contributed by atoms with Crippen LogP contribution in [0.3, 0.4) is 0 Å². The van der Waals surface area contributed by atoms with Crippen LogP contribution in [0.2, 0.25) is 5.02 Å². The van der Waals surface area contributed by atoms with E-state index in [0.717, 1.165) is 0 Å². The van der Waals surface area contributed by atoms with E-state index in [0.29, 0.717) is 17.3 Å². The lowest BCUT2D eigenvalue weighted by atomic mass is 10.1. The fourth-order valence-corrected chi connectivity index (χ4v) is 1.59. The summed E-state index contributed by atoms with van der Waals surface area (Å²) in [5.74, 6) is 0.265. The minimum Gasteiger partial charge on any atom is -0.339 e. The Bertz CT molecular complexity index is 529. The maximum Gasteiger partial charge on any atom is 0.226 e. The van der Waals surface area contributed by atoms with Gasteiger partial charge in [0.15, 0.2) is 5.82 Å². The summed E-state index contributed by atoms with van der Waals surface area (Å²) in [7, 11) is 0. The van der Waals surface area contributed by atoms with Gasteiger partial charge in [-0.15, -0.1) is 0 Å². The zero-order valence-corrected chi connectivity index (χ0v) is 9.91. The Morgan fingerprint density at radius 2 is 2.29 bits per heavy atom. The highest BCUT2D eigenvalue weighted by Crippen LogP contribution is 2.22. The van der Waals surface area contributed by atoms with Gasteiger partial charge in [0.25, 0.3) is 0 Å². The van der Waals surface area contributed by atoms with Gasteiger partial charge in [0.05, 0.1) is 6.04 Å². The van der Waals surface area contributed by atoms with E-state index >= 15 is 0 Å². The molecular formula is C11H11ClFN3O. The van der Waals surface area contributed by atoms with Crippen LogP contribution in [0, 0.1) is 5.82 Å². The molecule has 2 N–H and O–H groups in total. The lowest BCUT2D eigenvalue weighted by Crippen LogP contribution is -2.15. The van der Waals surface area contributed by atoms with Crippen LogP contribution in [0.25, 0.3) is 0 Å². The highest BCUT2D eigenvalue weighted by Gasteiger charge is 2.19. The van der Waals surface area contributed by atoms with Crippen LogP contribution in [-0.4, -0.2) is 10.1 Å². The van der Waals surface area contributed by atoms with Crippen molar-refractivity contribution in [1.29, 1.82) is 0 Å². The van der Waals surface area contributed by atoms with Crippen LogP contribution in [0.4, 0.5) is 4.39 Å². The number of nitrogens with two attached hydrogens (primary N) is 1.